The van der Waals surface area contributed by atoms with Crippen LogP contribution in [0.15, 0.2) is 48.7 Å². The van der Waals surface area contributed by atoms with Gasteiger partial charge in [-0.1, -0.05) is 37.6 Å². The van der Waals surface area contributed by atoms with Crippen molar-refractivity contribution in [1.82, 2.24) is 4.98 Å². The molecule has 0 radical (unpaired) electrons. The molecule has 3 aliphatic carbocycles. The normalized spacial score (nSPS) is 27.6. The predicted octanol–water partition coefficient (Wildman–Crippen LogP) is 8.13. The summed E-state index contributed by atoms with van der Waals surface area (Å²) in [7, 11) is 0. The number of benzene rings is 2. The lowest BCUT2D eigenvalue weighted by Crippen LogP contribution is -2.53. The summed E-state index contributed by atoms with van der Waals surface area (Å²) < 4.78 is 12.5. The zero-order valence-corrected chi connectivity index (χ0v) is 26.6. The highest BCUT2D eigenvalue weighted by Gasteiger charge is 2.54. The summed E-state index contributed by atoms with van der Waals surface area (Å²) in [5.41, 5.74) is 6.29. The number of nitrogens with zero attached hydrogens (tertiary/aromatic N) is 1. The van der Waals surface area contributed by atoms with Crippen LogP contribution in [0.25, 0.3) is 0 Å². The first-order valence-electron chi connectivity index (χ1n) is 16.4. The molecule has 1 saturated carbocycles. The quantitative estimate of drug-likeness (QED) is 0.267. The second kappa shape index (κ2) is 11.6. The summed E-state index contributed by atoms with van der Waals surface area (Å²) >= 11 is 6.25. The predicted molar refractivity (Wildman–Crippen MR) is 173 cm³/mol. The Balaban J connectivity index is 1.13. The van der Waals surface area contributed by atoms with Crippen molar-refractivity contribution in [2.24, 2.45) is 11.8 Å². The highest BCUT2D eigenvalue weighted by molar-refractivity contribution is 6.30. The topological polar surface area (TPSA) is 80.7 Å². The summed E-state index contributed by atoms with van der Waals surface area (Å²) in [5.74, 6) is 2.50. The van der Waals surface area contributed by atoms with Gasteiger partial charge in [0.1, 0.15) is 17.0 Å². The number of aromatic nitrogens is 1. The second-order valence-corrected chi connectivity index (χ2v) is 14.3. The van der Waals surface area contributed by atoms with Crippen LogP contribution in [0.4, 0.5) is 5.69 Å². The SMILES string of the molecule is C[C@@H](COc1ccnc2c1[C@H](C)CCC2)CC1Cc2cc3c(cc2C12CCC(Nc1cccc(Cl)c1)(C(=O)O)CC2)CCO3. The van der Waals surface area contributed by atoms with Gasteiger partial charge in [-0.25, -0.2) is 4.79 Å². The molecule has 7 heteroatoms. The van der Waals surface area contributed by atoms with Crippen LogP contribution < -0.4 is 14.8 Å². The van der Waals surface area contributed by atoms with Gasteiger partial charge in [0, 0.05) is 34.6 Å². The van der Waals surface area contributed by atoms with E-state index in [4.69, 9.17) is 21.1 Å². The molecule has 1 aromatic heterocycles. The van der Waals surface area contributed by atoms with Crippen LogP contribution >= 0.6 is 11.6 Å². The molecule has 4 aliphatic rings. The number of carbonyl (C=O) groups is 1. The van der Waals surface area contributed by atoms with E-state index in [0.717, 1.165) is 62.3 Å². The van der Waals surface area contributed by atoms with Crippen LogP contribution in [0.5, 0.6) is 11.5 Å². The van der Waals surface area contributed by atoms with E-state index in [-0.39, 0.29) is 5.41 Å². The standard InChI is InChI=1S/C37H43ClN2O4/c1-23(22-44-32-9-15-39-31-8-3-5-24(2)34(31)32)17-27-18-26-20-33-25(10-16-43-33)19-30(26)36(27)11-13-37(14-12-36,35(41)42)40-29-7-4-6-28(38)21-29/h4,6-7,9,15,19-21,23-24,27,40H,3,5,8,10-14,16-18,22H2,1-2H3,(H,41,42)/t23-,24-,27?,36?,37?/m1/s1. The molecule has 0 bridgehead atoms. The fourth-order valence-electron chi connectivity index (χ4n) is 8.78. The van der Waals surface area contributed by atoms with E-state index in [0.29, 0.717) is 42.2 Å². The highest BCUT2D eigenvalue weighted by atomic mass is 35.5. The molecule has 1 unspecified atom stereocenters. The molecule has 6 nitrogen and oxygen atoms in total. The van der Waals surface area contributed by atoms with Crippen LogP contribution in [0.2, 0.25) is 5.02 Å². The third-order valence-corrected chi connectivity index (χ3v) is 11.3. The number of aryl methyl sites for hydroxylation is 1. The molecular formula is C37H43ClN2O4. The molecule has 0 amide bonds. The number of hydrogen-bond acceptors (Lipinski definition) is 5. The van der Waals surface area contributed by atoms with Gasteiger partial charge in [0.25, 0.3) is 0 Å². The third kappa shape index (κ3) is 5.23. The maximum Gasteiger partial charge on any atom is 0.329 e. The van der Waals surface area contributed by atoms with Gasteiger partial charge in [-0.3, -0.25) is 4.98 Å². The summed E-state index contributed by atoms with van der Waals surface area (Å²) in [4.78, 5) is 17.5. The molecule has 232 valence electrons. The van der Waals surface area contributed by atoms with Crippen LogP contribution in [0.1, 0.15) is 92.7 Å². The Kier molecular flexibility index (Phi) is 7.76. The maximum absolute atomic E-state index is 12.8. The van der Waals surface area contributed by atoms with Crippen molar-refractivity contribution in [3.05, 3.63) is 81.6 Å². The van der Waals surface area contributed by atoms with E-state index in [9.17, 15) is 9.90 Å². The van der Waals surface area contributed by atoms with E-state index >= 15 is 0 Å². The average molecular weight is 615 g/mol. The van der Waals surface area contributed by atoms with Crippen LogP contribution in [-0.2, 0) is 29.5 Å². The summed E-state index contributed by atoms with van der Waals surface area (Å²) in [6.45, 7) is 6.01. The Hall–Kier alpha value is -3.25. The number of pyridine rings is 1. The van der Waals surface area contributed by atoms with Crippen molar-refractivity contribution >= 4 is 23.3 Å². The van der Waals surface area contributed by atoms with Crippen molar-refractivity contribution in [3.8, 4) is 11.5 Å². The number of carboxylic acid groups (broad SMARTS) is 1. The van der Waals surface area contributed by atoms with Gasteiger partial charge in [0.05, 0.1) is 13.2 Å². The van der Waals surface area contributed by atoms with Gasteiger partial charge in [-0.05, 0) is 128 Å². The van der Waals surface area contributed by atoms with Gasteiger partial charge < -0.3 is 19.9 Å². The minimum atomic E-state index is -1.02. The Morgan fingerprint density at radius 1 is 1.16 bits per heavy atom. The summed E-state index contributed by atoms with van der Waals surface area (Å²) in [6, 6.07) is 14.1. The number of fused-ring (bicyclic) bond motifs is 4. The number of aliphatic carboxylic acids is 1. The highest BCUT2D eigenvalue weighted by Crippen LogP contribution is 2.57. The molecule has 2 aromatic carbocycles. The number of anilines is 1. The van der Waals surface area contributed by atoms with E-state index in [2.05, 4.69) is 36.3 Å². The number of halogens is 1. The minimum Gasteiger partial charge on any atom is -0.493 e. The lowest BCUT2D eigenvalue weighted by Gasteiger charge is -2.47. The average Bonchev–Trinajstić information content (AvgIpc) is 3.58. The van der Waals surface area contributed by atoms with E-state index in [1.165, 1.54) is 40.8 Å². The fourth-order valence-corrected chi connectivity index (χ4v) is 8.97. The Labute approximate surface area is 265 Å². The number of carboxylic acids is 1. The van der Waals surface area contributed by atoms with Gasteiger partial charge in [-0.15, -0.1) is 0 Å². The lowest BCUT2D eigenvalue weighted by atomic mass is 9.59. The van der Waals surface area contributed by atoms with Crippen molar-refractivity contribution in [2.75, 3.05) is 18.5 Å². The van der Waals surface area contributed by atoms with E-state index in [1.54, 1.807) is 0 Å². The molecule has 1 spiro atoms. The molecule has 3 aromatic rings. The lowest BCUT2D eigenvalue weighted by molar-refractivity contribution is -0.144. The van der Waals surface area contributed by atoms with Crippen molar-refractivity contribution in [3.63, 3.8) is 0 Å². The summed E-state index contributed by atoms with van der Waals surface area (Å²) in [6.07, 6.45) is 11.1. The first kappa shape index (κ1) is 29.5. The number of ether oxygens (including phenoxy) is 2. The van der Waals surface area contributed by atoms with Crippen molar-refractivity contribution in [1.29, 1.82) is 0 Å². The number of hydrogen-bond donors (Lipinski definition) is 2. The van der Waals surface area contributed by atoms with Gasteiger partial charge in [0.2, 0.25) is 0 Å². The largest absolute Gasteiger partial charge is 0.493 e. The van der Waals surface area contributed by atoms with Crippen LogP contribution in [-0.4, -0.2) is 34.8 Å². The molecule has 1 aliphatic heterocycles. The van der Waals surface area contributed by atoms with E-state index in [1.807, 2.05) is 36.5 Å². The first-order valence-corrected chi connectivity index (χ1v) is 16.8. The van der Waals surface area contributed by atoms with Gasteiger partial charge in [0.15, 0.2) is 0 Å². The number of rotatable bonds is 8. The summed E-state index contributed by atoms with van der Waals surface area (Å²) in [5, 5.41) is 14.5. The monoisotopic (exact) mass is 614 g/mol. The molecule has 0 saturated heterocycles. The molecule has 7 rings (SSSR count). The van der Waals surface area contributed by atoms with E-state index < -0.39 is 11.5 Å². The van der Waals surface area contributed by atoms with Gasteiger partial charge >= 0.3 is 5.97 Å². The molecule has 2 N–H and O–H groups in total. The molecule has 1 fully saturated rings. The third-order valence-electron chi connectivity index (χ3n) is 11.1. The first-order chi connectivity index (χ1) is 21.3. The molecule has 2 heterocycles. The molecule has 3 atom stereocenters. The second-order valence-electron chi connectivity index (χ2n) is 13.9. The maximum atomic E-state index is 12.8. The van der Waals surface area contributed by atoms with Crippen LogP contribution in [0, 0.1) is 11.8 Å². The fraction of sp³-hybridized carbons (Fsp3) is 0.514. The Morgan fingerprint density at radius 3 is 2.80 bits per heavy atom. The number of nitrogens with one attached hydrogen (secondary N) is 1. The van der Waals surface area contributed by atoms with Crippen molar-refractivity contribution < 1.29 is 19.4 Å². The molecular weight excluding hydrogens is 572 g/mol. The minimum absolute atomic E-state index is 0.0550. The zero-order valence-electron chi connectivity index (χ0n) is 25.8. The smallest absolute Gasteiger partial charge is 0.329 e. The van der Waals surface area contributed by atoms with Crippen molar-refractivity contribution in [2.45, 2.75) is 94.9 Å². The Bertz CT molecular complexity index is 1560. The molecule has 44 heavy (non-hydrogen) atoms. The van der Waals surface area contributed by atoms with Crippen LogP contribution in [0.3, 0.4) is 0 Å². The Morgan fingerprint density at radius 2 is 2.00 bits per heavy atom. The zero-order chi connectivity index (χ0) is 30.5. The van der Waals surface area contributed by atoms with Gasteiger partial charge in [-0.2, -0.15) is 0 Å².